The van der Waals surface area contributed by atoms with Gasteiger partial charge in [-0.1, -0.05) is 12.1 Å². The second-order valence-corrected chi connectivity index (χ2v) is 7.02. The Kier molecular flexibility index (Phi) is 4.53. The molecular formula is C20H21N5O. The molecule has 2 fully saturated rings. The summed E-state index contributed by atoms with van der Waals surface area (Å²) in [4.78, 5) is 14.5. The van der Waals surface area contributed by atoms with E-state index < -0.39 is 0 Å². The maximum absolute atomic E-state index is 12.6. The van der Waals surface area contributed by atoms with Crippen molar-refractivity contribution in [3.63, 3.8) is 0 Å². The molecule has 6 heteroatoms. The number of nitrogens with zero attached hydrogens (tertiary/aromatic N) is 5. The number of benzene rings is 1. The molecule has 1 saturated heterocycles. The first kappa shape index (κ1) is 16.5. The Morgan fingerprint density at radius 2 is 2.19 bits per heavy atom. The number of hydrogen-bond acceptors (Lipinski definition) is 4. The van der Waals surface area contributed by atoms with Gasteiger partial charge in [0.15, 0.2) is 0 Å². The van der Waals surface area contributed by atoms with Crippen molar-refractivity contribution in [3.05, 3.63) is 53.6 Å². The van der Waals surface area contributed by atoms with E-state index in [0.717, 1.165) is 30.8 Å². The van der Waals surface area contributed by atoms with E-state index in [-0.39, 0.29) is 11.8 Å². The minimum absolute atomic E-state index is 0.00884. The van der Waals surface area contributed by atoms with Crippen molar-refractivity contribution in [1.29, 1.82) is 5.26 Å². The predicted molar refractivity (Wildman–Crippen MR) is 97.0 cm³/mol. The van der Waals surface area contributed by atoms with Crippen LogP contribution in [0.1, 0.15) is 54.6 Å². The molecule has 2 heterocycles. The van der Waals surface area contributed by atoms with Crippen LogP contribution in [0, 0.1) is 11.3 Å². The van der Waals surface area contributed by atoms with Gasteiger partial charge < -0.3 is 9.47 Å². The molecule has 1 amide bonds. The fourth-order valence-electron chi connectivity index (χ4n) is 3.55. The van der Waals surface area contributed by atoms with E-state index in [1.807, 2.05) is 23.4 Å². The molecule has 0 N–H and O–H groups in total. The fourth-order valence-corrected chi connectivity index (χ4v) is 3.55. The highest BCUT2D eigenvalue weighted by Crippen LogP contribution is 2.38. The molecule has 4 rings (SSSR count). The lowest BCUT2D eigenvalue weighted by Gasteiger charge is -2.31. The highest BCUT2D eigenvalue weighted by Gasteiger charge is 2.32. The normalized spacial score (nSPS) is 20.3. The van der Waals surface area contributed by atoms with Crippen LogP contribution in [0.2, 0.25) is 0 Å². The summed E-state index contributed by atoms with van der Waals surface area (Å²) >= 11 is 0. The SMILES string of the molecule is N#Cc1cccc(/C=C/C(=O)N2CCCC(c3nncn3C3CC3)C2)c1. The molecule has 1 aromatic carbocycles. The number of likely N-dealkylation sites (tertiary alicyclic amines) is 1. The van der Waals surface area contributed by atoms with Crippen LogP contribution < -0.4 is 0 Å². The van der Waals surface area contributed by atoms with Gasteiger partial charge in [-0.2, -0.15) is 5.26 Å². The topological polar surface area (TPSA) is 74.8 Å². The summed E-state index contributed by atoms with van der Waals surface area (Å²) in [6.45, 7) is 1.46. The lowest BCUT2D eigenvalue weighted by atomic mass is 9.97. The van der Waals surface area contributed by atoms with Crippen LogP contribution in [0.25, 0.3) is 6.08 Å². The standard InChI is InChI=1S/C20H21N5O/c21-12-16-4-1-3-15(11-16)6-9-19(26)24-10-2-5-17(13-24)20-23-22-14-25(20)18-7-8-18/h1,3-4,6,9,11,14,17-18H,2,5,7-8,10,13H2/b9-6+. The zero-order chi connectivity index (χ0) is 17.9. The number of hydrogen-bond donors (Lipinski definition) is 0. The van der Waals surface area contributed by atoms with Crippen molar-refractivity contribution in [2.45, 2.75) is 37.6 Å². The van der Waals surface area contributed by atoms with E-state index in [4.69, 9.17) is 5.26 Å². The third-order valence-electron chi connectivity index (χ3n) is 5.07. The monoisotopic (exact) mass is 347 g/mol. The average Bonchev–Trinajstić information content (AvgIpc) is 3.42. The van der Waals surface area contributed by atoms with Gasteiger partial charge in [0.1, 0.15) is 12.2 Å². The highest BCUT2D eigenvalue weighted by molar-refractivity contribution is 5.91. The summed E-state index contributed by atoms with van der Waals surface area (Å²) in [6, 6.07) is 9.92. The summed E-state index contributed by atoms with van der Waals surface area (Å²) in [5.41, 5.74) is 1.46. The Morgan fingerprint density at radius 1 is 1.31 bits per heavy atom. The summed E-state index contributed by atoms with van der Waals surface area (Å²) in [6.07, 6.45) is 9.63. The van der Waals surface area contributed by atoms with Gasteiger partial charge in [0.2, 0.25) is 5.91 Å². The highest BCUT2D eigenvalue weighted by atomic mass is 16.2. The largest absolute Gasteiger partial charge is 0.338 e. The molecule has 0 spiro atoms. The maximum Gasteiger partial charge on any atom is 0.246 e. The Bertz CT molecular complexity index is 874. The van der Waals surface area contributed by atoms with Crippen LogP contribution in [0.5, 0.6) is 0 Å². The average molecular weight is 347 g/mol. The van der Waals surface area contributed by atoms with Gasteiger partial charge in [-0.15, -0.1) is 10.2 Å². The first-order valence-corrected chi connectivity index (χ1v) is 9.11. The van der Waals surface area contributed by atoms with Crippen LogP contribution in [-0.2, 0) is 4.79 Å². The summed E-state index contributed by atoms with van der Waals surface area (Å²) in [7, 11) is 0. The predicted octanol–water partition coefficient (Wildman–Crippen LogP) is 2.90. The molecule has 1 aliphatic heterocycles. The van der Waals surface area contributed by atoms with E-state index in [1.54, 1.807) is 24.3 Å². The van der Waals surface area contributed by atoms with Crippen LogP contribution in [-0.4, -0.2) is 38.7 Å². The van der Waals surface area contributed by atoms with E-state index >= 15 is 0 Å². The number of rotatable bonds is 4. The molecule has 1 aliphatic carbocycles. The minimum Gasteiger partial charge on any atom is -0.338 e. The summed E-state index contributed by atoms with van der Waals surface area (Å²) < 4.78 is 2.20. The number of nitriles is 1. The molecule has 1 unspecified atom stereocenters. The van der Waals surface area contributed by atoms with E-state index in [9.17, 15) is 4.79 Å². The molecular weight excluding hydrogens is 326 g/mol. The van der Waals surface area contributed by atoms with Crippen molar-refractivity contribution in [2.75, 3.05) is 13.1 Å². The van der Waals surface area contributed by atoms with Crippen LogP contribution in [0.3, 0.4) is 0 Å². The maximum atomic E-state index is 12.6. The van der Waals surface area contributed by atoms with E-state index in [1.165, 1.54) is 12.8 Å². The van der Waals surface area contributed by atoms with Crippen molar-refractivity contribution in [2.24, 2.45) is 0 Å². The lowest BCUT2D eigenvalue weighted by Crippen LogP contribution is -2.38. The number of amides is 1. The van der Waals surface area contributed by atoms with E-state index in [0.29, 0.717) is 18.2 Å². The zero-order valence-electron chi connectivity index (χ0n) is 14.6. The molecule has 0 bridgehead atoms. The van der Waals surface area contributed by atoms with Gasteiger partial charge in [0, 0.05) is 31.1 Å². The molecule has 0 radical (unpaired) electrons. The molecule has 132 valence electrons. The van der Waals surface area contributed by atoms with Gasteiger partial charge in [-0.3, -0.25) is 4.79 Å². The first-order valence-electron chi connectivity index (χ1n) is 9.11. The molecule has 2 aromatic rings. The third-order valence-corrected chi connectivity index (χ3v) is 5.07. The number of carbonyl (C=O) groups excluding carboxylic acids is 1. The Labute approximate surface area is 152 Å². The summed E-state index contributed by atoms with van der Waals surface area (Å²) in [5.74, 6) is 1.29. The van der Waals surface area contributed by atoms with Gasteiger partial charge in [-0.05, 0) is 49.5 Å². The molecule has 1 aromatic heterocycles. The van der Waals surface area contributed by atoms with Gasteiger partial charge in [0.25, 0.3) is 0 Å². The fraction of sp³-hybridized carbons (Fsp3) is 0.400. The molecule has 1 saturated carbocycles. The van der Waals surface area contributed by atoms with Crippen LogP contribution in [0.4, 0.5) is 0 Å². The van der Waals surface area contributed by atoms with Crippen molar-refractivity contribution < 1.29 is 4.79 Å². The lowest BCUT2D eigenvalue weighted by molar-refractivity contribution is -0.127. The Hall–Kier alpha value is -2.94. The van der Waals surface area contributed by atoms with Gasteiger partial charge in [-0.25, -0.2) is 0 Å². The molecule has 2 aliphatic rings. The summed E-state index contributed by atoms with van der Waals surface area (Å²) in [5, 5.41) is 17.4. The second-order valence-electron chi connectivity index (χ2n) is 7.02. The molecule has 26 heavy (non-hydrogen) atoms. The third kappa shape index (κ3) is 3.52. The van der Waals surface area contributed by atoms with Crippen molar-refractivity contribution in [3.8, 4) is 6.07 Å². The van der Waals surface area contributed by atoms with Crippen LogP contribution >= 0.6 is 0 Å². The quantitative estimate of drug-likeness (QED) is 0.797. The van der Waals surface area contributed by atoms with Gasteiger partial charge in [0.05, 0.1) is 11.6 Å². The molecule has 6 nitrogen and oxygen atoms in total. The number of aromatic nitrogens is 3. The Morgan fingerprint density at radius 3 is 3.00 bits per heavy atom. The zero-order valence-corrected chi connectivity index (χ0v) is 14.6. The van der Waals surface area contributed by atoms with Crippen LogP contribution in [0.15, 0.2) is 36.7 Å². The van der Waals surface area contributed by atoms with Gasteiger partial charge >= 0.3 is 0 Å². The van der Waals surface area contributed by atoms with E-state index in [2.05, 4.69) is 20.8 Å². The number of piperidine rings is 1. The number of carbonyl (C=O) groups is 1. The molecule has 1 atom stereocenters. The van der Waals surface area contributed by atoms with Crippen molar-refractivity contribution in [1.82, 2.24) is 19.7 Å². The minimum atomic E-state index is 0.00884. The Balaban J connectivity index is 1.43. The van der Waals surface area contributed by atoms with Crippen molar-refractivity contribution >= 4 is 12.0 Å². The second kappa shape index (κ2) is 7.12. The first-order chi connectivity index (χ1) is 12.7. The smallest absolute Gasteiger partial charge is 0.246 e.